The van der Waals surface area contributed by atoms with E-state index < -0.39 is 0 Å². The van der Waals surface area contributed by atoms with Gasteiger partial charge in [0.25, 0.3) is 0 Å². The van der Waals surface area contributed by atoms with Gasteiger partial charge in [0.05, 0.1) is 22.7 Å². The topological polar surface area (TPSA) is 6.48 Å². The van der Waals surface area contributed by atoms with Crippen molar-refractivity contribution in [3.8, 4) is 0 Å². The first kappa shape index (κ1) is 48.7. The molecular weight excluding hydrogens is 917 g/mol. The van der Waals surface area contributed by atoms with E-state index in [1.54, 1.807) is 0 Å². The summed E-state index contributed by atoms with van der Waals surface area (Å²) in [4.78, 5) is 4.99. The molecule has 4 aliphatic rings. The third-order valence-electron chi connectivity index (χ3n) is 17.4. The third kappa shape index (κ3) is 7.67. The molecule has 8 aromatic rings. The van der Waals surface area contributed by atoms with Crippen LogP contribution in [-0.2, 0) is 21.7 Å². The molecule has 0 saturated heterocycles. The smallest absolute Gasteiger partial charge is 0.0502 e. The Labute approximate surface area is 451 Å². The van der Waals surface area contributed by atoms with E-state index in [9.17, 15) is 0 Å². The van der Waals surface area contributed by atoms with Gasteiger partial charge in [-0.05, 0) is 157 Å². The number of rotatable bonds is 4. The second kappa shape index (κ2) is 18.3. The quantitative estimate of drug-likeness (QED) is 0.173. The van der Waals surface area contributed by atoms with Crippen LogP contribution in [0.3, 0.4) is 0 Å². The lowest BCUT2D eigenvalue weighted by atomic mass is 9.73. The molecule has 0 aromatic heterocycles. The molecule has 0 saturated carbocycles. The average Bonchev–Trinajstić information content (AvgIpc) is 3.85. The second-order valence-electron chi connectivity index (χ2n) is 23.3. The summed E-state index contributed by atoms with van der Waals surface area (Å²) in [6.45, 7) is 23.5. The predicted molar refractivity (Wildman–Crippen MR) is 327 cm³/mol. The van der Waals surface area contributed by atoms with Crippen molar-refractivity contribution in [1.29, 1.82) is 0 Å². The summed E-state index contributed by atoms with van der Waals surface area (Å²) in [7, 11) is 0. The molecule has 2 aliphatic heterocycles. The summed E-state index contributed by atoms with van der Waals surface area (Å²) >= 11 is 0. The molecule has 0 fully saturated rings. The van der Waals surface area contributed by atoms with Crippen molar-refractivity contribution in [1.82, 2.24) is 0 Å². The molecule has 0 amide bonds. The third-order valence-corrected chi connectivity index (χ3v) is 17.4. The van der Waals surface area contributed by atoms with Gasteiger partial charge in [0, 0.05) is 33.0 Å². The van der Waals surface area contributed by atoms with Gasteiger partial charge < -0.3 is 9.80 Å². The van der Waals surface area contributed by atoms with Crippen LogP contribution < -0.4 is 9.80 Å². The summed E-state index contributed by atoms with van der Waals surface area (Å²) in [5.41, 5.74) is 24.0. The SMILES string of the molecule is CC=C1/C(=C(\C)c2ccc(N3c4ccccc4C(C)(C)c4ccccc43)cccc(C3=Cc4ccccc4C(C)(C)/C=C\C=C3)c3cc(N4c5ccccc5C(C)(C)c5ccccc54)ccc23)c2ccccc2C1(C)C. The first-order valence-corrected chi connectivity index (χ1v) is 27.2. The minimum Gasteiger partial charge on any atom is -0.310 e. The molecule has 8 aromatic carbocycles. The van der Waals surface area contributed by atoms with E-state index in [2.05, 4.69) is 310 Å². The Morgan fingerprint density at radius 3 is 1.49 bits per heavy atom. The Kier molecular flexibility index (Phi) is 11.7. The van der Waals surface area contributed by atoms with E-state index in [0.29, 0.717) is 0 Å². The number of para-hydroxylation sites is 4. The average molecular weight is 985 g/mol. The highest BCUT2D eigenvalue weighted by Crippen LogP contribution is 2.56. The number of hydrogen-bond acceptors (Lipinski definition) is 2. The maximum Gasteiger partial charge on any atom is 0.0502 e. The molecule has 0 unspecified atom stereocenters. The molecule has 12 rings (SSSR count). The van der Waals surface area contributed by atoms with E-state index in [-0.39, 0.29) is 21.7 Å². The molecule has 2 heteroatoms. The van der Waals surface area contributed by atoms with Crippen molar-refractivity contribution >= 4 is 67.7 Å². The molecule has 374 valence electrons. The van der Waals surface area contributed by atoms with Crippen LogP contribution in [0.15, 0.2) is 230 Å². The summed E-state index contributed by atoms with van der Waals surface area (Å²) in [5.74, 6) is 0. The van der Waals surface area contributed by atoms with Crippen LogP contribution in [0.1, 0.15) is 125 Å². The summed E-state index contributed by atoms with van der Waals surface area (Å²) in [6, 6.07) is 73.0. The van der Waals surface area contributed by atoms with Crippen molar-refractivity contribution in [3.63, 3.8) is 0 Å². The largest absolute Gasteiger partial charge is 0.310 e. The van der Waals surface area contributed by atoms with E-state index in [1.807, 2.05) is 0 Å². The van der Waals surface area contributed by atoms with Gasteiger partial charge in [-0.1, -0.05) is 231 Å². The minimum absolute atomic E-state index is 0.182. The number of anilines is 6. The Hall–Kier alpha value is -8.20. The van der Waals surface area contributed by atoms with Crippen LogP contribution in [0, 0.1) is 0 Å². The van der Waals surface area contributed by atoms with Gasteiger partial charge in [0.2, 0.25) is 0 Å². The highest BCUT2D eigenvalue weighted by atomic mass is 15.2. The molecule has 2 nitrogen and oxygen atoms in total. The van der Waals surface area contributed by atoms with E-state index >= 15 is 0 Å². The lowest BCUT2D eigenvalue weighted by Gasteiger charge is -2.42. The molecule has 0 radical (unpaired) electrons. The van der Waals surface area contributed by atoms with Crippen LogP contribution in [0.2, 0.25) is 0 Å². The Balaban J connectivity index is 1.24. The number of allylic oxidation sites excluding steroid dienone is 9. The van der Waals surface area contributed by atoms with Gasteiger partial charge in [-0.15, -0.1) is 0 Å². The molecular formula is C74H68N2. The Morgan fingerprint density at radius 2 is 0.908 bits per heavy atom. The number of nitrogens with zero attached hydrogens (tertiary/aromatic N) is 2. The maximum atomic E-state index is 2.50. The first-order valence-electron chi connectivity index (χ1n) is 27.2. The standard InChI is InChI=1S/C74H68N2/c1-11-59-70(57-30-13-15-33-61(57)72(59,5)6)49(2)54-44-42-52(75-66-38-20-16-34-62(66)73(7,8)63-35-17-21-39-67(63)75)29-26-31-55(50-27-24-25-46-71(3,4)60-32-14-12-28-51(60)47-50)58-48-53(43-45-56(54)58)76-68-40-22-18-36-64(68)74(9,10)65-37-19-23-41-69(65)76/h11-48H,1-10H3/b27-24?,29-26?,31-26?,44-42?,46-25-,50-47?,52-29?,52-42?,54-44?,55-31?,56-54?,58-55?,59-11?,70-49+. The molecule has 2 aliphatic carbocycles. The van der Waals surface area contributed by atoms with Gasteiger partial charge in [0.1, 0.15) is 0 Å². The van der Waals surface area contributed by atoms with Gasteiger partial charge in [-0.3, -0.25) is 0 Å². The lowest BCUT2D eigenvalue weighted by Crippen LogP contribution is -2.30. The number of hydrogen-bond donors (Lipinski definition) is 0. The van der Waals surface area contributed by atoms with Crippen molar-refractivity contribution in [3.05, 3.63) is 286 Å². The maximum absolute atomic E-state index is 2.50. The van der Waals surface area contributed by atoms with Gasteiger partial charge >= 0.3 is 0 Å². The van der Waals surface area contributed by atoms with Crippen molar-refractivity contribution in [2.24, 2.45) is 0 Å². The molecule has 0 N–H and O–H groups in total. The second-order valence-corrected chi connectivity index (χ2v) is 23.3. The van der Waals surface area contributed by atoms with Gasteiger partial charge in [0.15, 0.2) is 0 Å². The molecule has 0 atom stereocenters. The number of benzene rings is 7. The minimum atomic E-state index is -0.193. The molecule has 0 spiro atoms. The van der Waals surface area contributed by atoms with Crippen LogP contribution >= 0.6 is 0 Å². The Morgan fingerprint density at radius 1 is 0.421 bits per heavy atom. The fraction of sp³-hybridized carbons (Fsp3) is 0.189. The van der Waals surface area contributed by atoms with Crippen LogP contribution in [0.5, 0.6) is 0 Å². The fourth-order valence-corrected chi connectivity index (χ4v) is 13.4. The van der Waals surface area contributed by atoms with E-state index in [4.69, 9.17) is 0 Å². The fourth-order valence-electron chi connectivity index (χ4n) is 13.4. The Bertz CT molecular complexity index is 3820. The highest BCUT2D eigenvalue weighted by Gasteiger charge is 2.40. The van der Waals surface area contributed by atoms with Crippen molar-refractivity contribution < 1.29 is 0 Å². The van der Waals surface area contributed by atoms with E-state index in [1.165, 1.54) is 94.9 Å². The van der Waals surface area contributed by atoms with Crippen molar-refractivity contribution in [2.75, 3.05) is 9.80 Å². The summed E-state index contributed by atoms with van der Waals surface area (Å²) in [6.07, 6.45) is 13.9. The zero-order chi connectivity index (χ0) is 52.7. The highest BCUT2D eigenvalue weighted by molar-refractivity contribution is 6.11. The monoisotopic (exact) mass is 985 g/mol. The molecule has 0 bridgehead atoms. The zero-order valence-corrected chi connectivity index (χ0v) is 45.8. The predicted octanol–water partition coefficient (Wildman–Crippen LogP) is 20.3. The van der Waals surface area contributed by atoms with Crippen molar-refractivity contribution in [2.45, 2.75) is 90.9 Å². The van der Waals surface area contributed by atoms with Crippen LogP contribution in [0.4, 0.5) is 34.1 Å². The lowest BCUT2D eigenvalue weighted by molar-refractivity contribution is 0.632. The van der Waals surface area contributed by atoms with Gasteiger partial charge in [-0.25, -0.2) is 0 Å². The normalized spacial score (nSPS) is 18.6. The van der Waals surface area contributed by atoms with E-state index in [0.717, 1.165) is 27.9 Å². The summed E-state index contributed by atoms with van der Waals surface area (Å²) in [5, 5.41) is 2.32. The number of fused-ring (bicyclic) bond motifs is 7. The zero-order valence-electron chi connectivity index (χ0n) is 45.8. The van der Waals surface area contributed by atoms with Gasteiger partial charge in [-0.2, -0.15) is 0 Å². The molecule has 2 heterocycles. The van der Waals surface area contributed by atoms with Crippen LogP contribution in [-0.4, -0.2) is 0 Å². The first-order chi connectivity index (χ1) is 36.6. The van der Waals surface area contributed by atoms with Crippen LogP contribution in [0.25, 0.3) is 33.6 Å². The molecule has 76 heavy (non-hydrogen) atoms. The summed E-state index contributed by atoms with van der Waals surface area (Å²) < 4.78 is 0.